The van der Waals surface area contributed by atoms with Crippen LogP contribution < -0.4 is 20.1 Å². The Morgan fingerprint density at radius 2 is 2.00 bits per heavy atom. The minimum absolute atomic E-state index is 0.0261. The summed E-state index contributed by atoms with van der Waals surface area (Å²) in [6.07, 6.45) is 2.07. The van der Waals surface area contributed by atoms with E-state index in [9.17, 15) is 4.79 Å². The van der Waals surface area contributed by atoms with Gasteiger partial charge in [0.05, 0.1) is 32.8 Å². The average Bonchev–Trinajstić information content (AvgIpc) is 3.32. The van der Waals surface area contributed by atoms with Crippen LogP contribution in [0, 0.1) is 5.92 Å². The summed E-state index contributed by atoms with van der Waals surface area (Å²) in [5.41, 5.74) is 0.871. The quantitative estimate of drug-likeness (QED) is 0.671. The number of carbonyl (C=O) groups excluding carboxylic acids is 1. The third-order valence-corrected chi connectivity index (χ3v) is 5.35. The van der Waals surface area contributed by atoms with Crippen molar-refractivity contribution in [3.63, 3.8) is 0 Å². The molecule has 8 heteroatoms. The lowest BCUT2D eigenvalue weighted by molar-refractivity contribution is -0.121. The van der Waals surface area contributed by atoms with E-state index in [-0.39, 0.29) is 30.5 Å². The minimum Gasteiger partial charge on any atom is -0.497 e. The van der Waals surface area contributed by atoms with Crippen LogP contribution in [0.1, 0.15) is 56.5 Å². The molecular formula is C21H31N5O3. The summed E-state index contributed by atoms with van der Waals surface area (Å²) in [6, 6.07) is 5.32. The normalized spacial score (nSPS) is 15.1. The number of hydrogen-bond acceptors (Lipinski definition) is 6. The van der Waals surface area contributed by atoms with Gasteiger partial charge >= 0.3 is 0 Å². The summed E-state index contributed by atoms with van der Waals surface area (Å²) in [7, 11) is 3.23. The first-order valence-corrected chi connectivity index (χ1v) is 10.1. The van der Waals surface area contributed by atoms with Gasteiger partial charge in [-0.15, -0.1) is 10.2 Å². The molecule has 2 unspecified atom stereocenters. The van der Waals surface area contributed by atoms with Crippen molar-refractivity contribution in [3.05, 3.63) is 35.4 Å². The SMILES string of the molecule is COc1ccc(OC)c(C(C)NC(=O)CNC(c2nnc3n2CCC3)C(C)C)c1. The van der Waals surface area contributed by atoms with Crippen LogP contribution in [0.4, 0.5) is 0 Å². The van der Waals surface area contributed by atoms with Crippen LogP contribution in [0.2, 0.25) is 0 Å². The summed E-state index contributed by atoms with van der Waals surface area (Å²) < 4.78 is 12.9. The fraction of sp³-hybridized carbons (Fsp3) is 0.571. The molecule has 2 aromatic rings. The Morgan fingerprint density at radius 1 is 1.21 bits per heavy atom. The molecule has 0 spiro atoms. The summed E-state index contributed by atoms with van der Waals surface area (Å²) in [4.78, 5) is 12.6. The molecule has 1 aliphatic rings. The van der Waals surface area contributed by atoms with E-state index in [1.54, 1.807) is 14.2 Å². The van der Waals surface area contributed by atoms with Crippen molar-refractivity contribution in [2.45, 2.75) is 52.2 Å². The monoisotopic (exact) mass is 401 g/mol. The second-order valence-corrected chi connectivity index (χ2v) is 7.73. The largest absolute Gasteiger partial charge is 0.497 e. The number of aryl methyl sites for hydroxylation is 1. The number of ether oxygens (including phenoxy) is 2. The van der Waals surface area contributed by atoms with E-state index >= 15 is 0 Å². The Morgan fingerprint density at radius 3 is 2.69 bits per heavy atom. The molecule has 1 aliphatic heterocycles. The topological polar surface area (TPSA) is 90.3 Å². The number of rotatable bonds is 9. The molecule has 1 amide bonds. The Bertz CT molecular complexity index is 849. The van der Waals surface area contributed by atoms with Crippen molar-refractivity contribution in [3.8, 4) is 11.5 Å². The second-order valence-electron chi connectivity index (χ2n) is 7.73. The first-order chi connectivity index (χ1) is 13.9. The molecule has 0 fully saturated rings. The smallest absolute Gasteiger partial charge is 0.234 e. The Kier molecular flexibility index (Phi) is 6.74. The number of amides is 1. The Balaban J connectivity index is 1.64. The number of nitrogens with zero attached hydrogens (tertiary/aromatic N) is 3. The molecule has 2 N–H and O–H groups in total. The molecule has 0 saturated carbocycles. The van der Waals surface area contributed by atoms with Crippen molar-refractivity contribution < 1.29 is 14.3 Å². The van der Waals surface area contributed by atoms with E-state index in [1.165, 1.54) is 0 Å². The highest BCUT2D eigenvalue weighted by Gasteiger charge is 2.26. The van der Waals surface area contributed by atoms with Gasteiger partial charge in [0.25, 0.3) is 0 Å². The summed E-state index contributed by atoms with van der Waals surface area (Å²) in [5, 5.41) is 15.1. The molecule has 0 saturated heterocycles. The zero-order chi connectivity index (χ0) is 21.0. The number of benzene rings is 1. The third-order valence-electron chi connectivity index (χ3n) is 5.35. The van der Waals surface area contributed by atoms with E-state index in [2.05, 4.69) is 39.2 Å². The van der Waals surface area contributed by atoms with Crippen LogP contribution in [0.5, 0.6) is 11.5 Å². The third kappa shape index (κ3) is 4.70. The maximum atomic E-state index is 12.6. The molecule has 0 radical (unpaired) electrons. The fourth-order valence-electron chi connectivity index (χ4n) is 3.78. The molecule has 1 aromatic carbocycles. The van der Waals surface area contributed by atoms with Crippen LogP contribution in [0.3, 0.4) is 0 Å². The van der Waals surface area contributed by atoms with Crippen molar-refractivity contribution in [1.29, 1.82) is 0 Å². The second kappa shape index (κ2) is 9.26. The number of hydrogen-bond donors (Lipinski definition) is 2. The minimum atomic E-state index is -0.218. The lowest BCUT2D eigenvalue weighted by Crippen LogP contribution is -2.39. The van der Waals surface area contributed by atoms with E-state index < -0.39 is 0 Å². The van der Waals surface area contributed by atoms with Gasteiger partial charge in [0.1, 0.15) is 23.1 Å². The molecule has 29 heavy (non-hydrogen) atoms. The van der Waals surface area contributed by atoms with E-state index in [1.807, 2.05) is 25.1 Å². The summed E-state index contributed by atoms with van der Waals surface area (Å²) in [5.74, 6) is 3.59. The zero-order valence-electron chi connectivity index (χ0n) is 17.9. The average molecular weight is 402 g/mol. The van der Waals surface area contributed by atoms with Gasteiger partial charge in [-0.2, -0.15) is 0 Å². The fourth-order valence-corrected chi connectivity index (χ4v) is 3.78. The predicted octanol–water partition coefficient (Wildman–Crippen LogP) is 2.41. The molecule has 158 valence electrons. The molecule has 3 rings (SSSR count). The predicted molar refractivity (Wildman–Crippen MR) is 110 cm³/mol. The highest BCUT2D eigenvalue weighted by atomic mass is 16.5. The molecule has 2 heterocycles. The molecular weight excluding hydrogens is 370 g/mol. The van der Waals surface area contributed by atoms with Crippen molar-refractivity contribution in [2.75, 3.05) is 20.8 Å². The molecule has 1 aromatic heterocycles. The van der Waals surface area contributed by atoms with Gasteiger partial charge in [0, 0.05) is 18.5 Å². The lowest BCUT2D eigenvalue weighted by Gasteiger charge is -2.23. The number of carbonyl (C=O) groups is 1. The zero-order valence-corrected chi connectivity index (χ0v) is 17.9. The van der Waals surface area contributed by atoms with Gasteiger partial charge in [-0.25, -0.2) is 0 Å². The van der Waals surface area contributed by atoms with Gasteiger partial charge < -0.3 is 19.4 Å². The highest BCUT2D eigenvalue weighted by molar-refractivity contribution is 5.78. The first kappa shape index (κ1) is 21.1. The molecule has 8 nitrogen and oxygen atoms in total. The van der Waals surface area contributed by atoms with Crippen LogP contribution >= 0.6 is 0 Å². The van der Waals surface area contributed by atoms with Crippen molar-refractivity contribution in [2.24, 2.45) is 5.92 Å². The van der Waals surface area contributed by atoms with Crippen LogP contribution in [0.25, 0.3) is 0 Å². The van der Waals surface area contributed by atoms with E-state index in [4.69, 9.17) is 9.47 Å². The summed E-state index contributed by atoms with van der Waals surface area (Å²) in [6.45, 7) is 7.31. The maximum absolute atomic E-state index is 12.6. The van der Waals surface area contributed by atoms with Crippen molar-refractivity contribution in [1.82, 2.24) is 25.4 Å². The molecule has 0 aliphatic carbocycles. The van der Waals surface area contributed by atoms with Crippen LogP contribution in [-0.4, -0.2) is 41.4 Å². The van der Waals surface area contributed by atoms with Gasteiger partial charge in [-0.1, -0.05) is 13.8 Å². The number of nitrogens with one attached hydrogen (secondary N) is 2. The van der Waals surface area contributed by atoms with Crippen LogP contribution in [-0.2, 0) is 17.8 Å². The number of fused-ring (bicyclic) bond motifs is 1. The Hall–Kier alpha value is -2.61. The number of methoxy groups -OCH3 is 2. The van der Waals surface area contributed by atoms with Gasteiger partial charge in [0.2, 0.25) is 5.91 Å². The van der Waals surface area contributed by atoms with E-state index in [0.29, 0.717) is 5.75 Å². The number of aromatic nitrogens is 3. The van der Waals surface area contributed by atoms with Crippen molar-refractivity contribution >= 4 is 5.91 Å². The maximum Gasteiger partial charge on any atom is 0.234 e. The van der Waals surface area contributed by atoms with Gasteiger partial charge in [0.15, 0.2) is 0 Å². The Labute approximate surface area is 172 Å². The summed E-state index contributed by atoms with van der Waals surface area (Å²) >= 11 is 0. The van der Waals surface area contributed by atoms with Crippen LogP contribution in [0.15, 0.2) is 18.2 Å². The lowest BCUT2D eigenvalue weighted by atomic mass is 10.0. The van der Waals surface area contributed by atoms with Gasteiger partial charge in [-0.05, 0) is 37.5 Å². The van der Waals surface area contributed by atoms with E-state index in [0.717, 1.165) is 42.3 Å². The van der Waals surface area contributed by atoms with Gasteiger partial charge in [-0.3, -0.25) is 10.1 Å². The molecule has 2 atom stereocenters. The highest BCUT2D eigenvalue weighted by Crippen LogP contribution is 2.29. The molecule has 0 bridgehead atoms. The standard InChI is InChI=1S/C21H31N5O3/c1-13(2)20(21-25-24-18-7-6-10-26(18)21)22-12-19(27)23-14(3)16-11-15(28-4)8-9-17(16)29-5/h8-9,11,13-14,20,22H,6-7,10,12H2,1-5H3,(H,23,27). The first-order valence-electron chi connectivity index (χ1n) is 10.1.